The SMILES string of the molecule is Clc1cccc(N2CCN(CCc3ccc(COc4ccc5c(c4)OCO5)cc3)CC2)c1Cl. The Kier molecular flexibility index (Phi) is 6.81. The van der Waals surface area contributed by atoms with Gasteiger partial charge in [0.2, 0.25) is 6.79 Å². The van der Waals surface area contributed by atoms with Crippen LogP contribution in [0.4, 0.5) is 5.69 Å². The highest BCUT2D eigenvalue weighted by Gasteiger charge is 2.19. The predicted octanol–water partition coefficient (Wildman–Crippen LogP) is 5.67. The van der Waals surface area contributed by atoms with Crippen molar-refractivity contribution in [2.75, 3.05) is 44.4 Å². The number of fused-ring (bicyclic) bond motifs is 1. The Morgan fingerprint density at radius 2 is 1.58 bits per heavy atom. The van der Waals surface area contributed by atoms with Gasteiger partial charge in [-0.2, -0.15) is 0 Å². The summed E-state index contributed by atoms with van der Waals surface area (Å²) in [6.07, 6.45) is 1.03. The molecule has 0 unspecified atom stereocenters. The summed E-state index contributed by atoms with van der Waals surface area (Å²) < 4.78 is 16.6. The van der Waals surface area contributed by atoms with Gasteiger partial charge in [-0.1, -0.05) is 53.5 Å². The van der Waals surface area contributed by atoms with E-state index < -0.39 is 0 Å². The molecule has 2 aliphatic rings. The van der Waals surface area contributed by atoms with Gasteiger partial charge in [0.05, 0.1) is 15.7 Å². The van der Waals surface area contributed by atoms with Crippen LogP contribution < -0.4 is 19.1 Å². The highest BCUT2D eigenvalue weighted by Crippen LogP contribution is 2.35. The molecule has 2 heterocycles. The van der Waals surface area contributed by atoms with Crippen molar-refractivity contribution in [3.8, 4) is 17.2 Å². The molecule has 0 N–H and O–H groups in total. The third kappa shape index (κ3) is 5.32. The number of nitrogens with zero attached hydrogens (tertiary/aromatic N) is 2. The molecular weight excluding hydrogens is 459 g/mol. The van der Waals surface area contributed by atoms with E-state index >= 15 is 0 Å². The summed E-state index contributed by atoms with van der Waals surface area (Å²) in [5.41, 5.74) is 3.51. The van der Waals surface area contributed by atoms with Gasteiger partial charge in [-0.25, -0.2) is 0 Å². The van der Waals surface area contributed by atoms with Crippen LogP contribution in [0.3, 0.4) is 0 Å². The standard InChI is InChI=1S/C26H26Cl2N2O3/c27-22-2-1-3-23(26(22)28)30-14-12-29(13-15-30)11-10-19-4-6-20(7-5-19)17-31-21-8-9-24-25(16-21)33-18-32-24/h1-9,16H,10-15,17-18H2. The van der Waals surface area contributed by atoms with E-state index in [1.807, 2.05) is 36.4 Å². The summed E-state index contributed by atoms with van der Waals surface area (Å²) in [4.78, 5) is 4.82. The lowest BCUT2D eigenvalue weighted by atomic mass is 10.1. The number of benzene rings is 3. The number of halogens is 2. The van der Waals surface area contributed by atoms with E-state index in [0.29, 0.717) is 16.7 Å². The Balaban J connectivity index is 1.07. The van der Waals surface area contributed by atoms with Crippen molar-refractivity contribution in [3.05, 3.63) is 81.8 Å². The number of hydrogen-bond donors (Lipinski definition) is 0. The molecule has 1 fully saturated rings. The van der Waals surface area contributed by atoms with E-state index in [0.717, 1.165) is 67.6 Å². The number of piperazine rings is 1. The predicted molar refractivity (Wildman–Crippen MR) is 132 cm³/mol. The van der Waals surface area contributed by atoms with Crippen molar-refractivity contribution in [2.24, 2.45) is 0 Å². The molecule has 7 heteroatoms. The quantitative estimate of drug-likeness (QED) is 0.431. The Morgan fingerprint density at radius 3 is 2.39 bits per heavy atom. The van der Waals surface area contributed by atoms with Gasteiger partial charge in [0.25, 0.3) is 0 Å². The third-order valence-corrected chi connectivity index (χ3v) is 6.94. The van der Waals surface area contributed by atoms with Crippen LogP contribution in [0.5, 0.6) is 17.2 Å². The highest BCUT2D eigenvalue weighted by atomic mass is 35.5. The van der Waals surface area contributed by atoms with Crippen molar-refractivity contribution in [3.63, 3.8) is 0 Å². The first-order valence-corrected chi connectivity index (χ1v) is 11.9. The maximum absolute atomic E-state index is 6.39. The zero-order chi connectivity index (χ0) is 22.6. The van der Waals surface area contributed by atoms with Crippen molar-refractivity contribution < 1.29 is 14.2 Å². The van der Waals surface area contributed by atoms with E-state index in [2.05, 4.69) is 34.1 Å². The second-order valence-corrected chi connectivity index (χ2v) is 9.06. The summed E-state index contributed by atoms with van der Waals surface area (Å²) in [6.45, 7) is 5.78. The van der Waals surface area contributed by atoms with E-state index in [9.17, 15) is 0 Å². The van der Waals surface area contributed by atoms with Gasteiger partial charge in [0.1, 0.15) is 12.4 Å². The van der Waals surface area contributed by atoms with Crippen molar-refractivity contribution in [1.29, 1.82) is 0 Å². The number of rotatable bonds is 7. The minimum atomic E-state index is 0.270. The first-order chi connectivity index (χ1) is 16.2. The minimum absolute atomic E-state index is 0.270. The molecule has 3 aromatic carbocycles. The van der Waals surface area contributed by atoms with Gasteiger partial charge < -0.3 is 19.1 Å². The van der Waals surface area contributed by atoms with Crippen LogP contribution in [0.25, 0.3) is 0 Å². The molecule has 0 aliphatic carbocycles. The lowest BCUT2D eigenvalue weighted by Gasteiger charge is -2.36. The van der Waals surface area contributed by atoms with Gasteiger partial charge in [-0.05, 0) is 41.8 Å². The van der Waals surface area contributed by atoms with Gasteiger partial charge >= 0.3 is 0 Å². The van der Waals surface area contributed by atoms with Crippen molar-refractivity contribution >= 4 is 28.9 Å². The third-order valence-electron chi connectivity index (χ3n) is 6.13. The summed E-state index contributed by atoms with van der Waals surface area (Å²) in [5.74, 6) is 2.28. The van der Waals surface area contributed by atoms with Crippen molar-refractivity contribution in [2.45, 2.75) is 13.0 Å². The molecule has 5 rings (SSSR count). The molecule has 0 bridgehead atoms. The molecule has 2 aliphatic heterocycles. The number of ether oxygens (including phenoxy) is 3. The molecule has 0 spiro atoms. The Bertz CT molecular complexity index is 1100. The maximum atomic E-state index is 6.39. The maximum Gasteiger partial charge on any atom is 0.231 e. The van der Waals surface area contributed by atoms with Gasteiger partial charge in [-0.15, -0.1) is 0 Å². The minimum Gasteiger partial charge on any atom is -0.489 e. The second-order valence-electron chi connectivity index (χ2n) is 8.27. The molecule has 0 atom stereocenters. The van der Waals surface area contributed by atoms with Crippen LogP contribution in [0.1, 0.15) is 11.1 Å². The van der Waals surface area contributed by atoms with Crippen LogP contribution >= 0.6 is 23.2 Å². The summed E-state index contributed by atoms with van der Waals surface area (Å²) >= 11 is 12.6. The van der Waals surface area contributed by atoms with E-state index in [1.54, 1.807) is 0 Å². The fourth-order valence-electron chi connectivity index (χ4n) is 4.17. The topological polar surface area (TPSA) is 34.2 Å². The molecule has 172 valence electrons. The van der Waals surface area contributed by atoms with E-state index in [4.69, 9.17) is 37.4 Å². The monoisotopic (exact) mass is 484 g/mol. The van der Waals surface area contributed by atoms with Crippen LogP contribution in [0.2, 0.25) is 10.0 Å². The first-order valence-electron chi connectivity index (χ1n) is 11.2. The lowest BCUT2D eigenvalue weighted by Crippen LogP contribution is -2.47. The normalized spacial score (nSPS) is 15.6. The fraction of sp³-hybridized carbons (Fsp3) is 0.308. The summed E-state index contributed by atoms with van der Waals surface area (Å²) in [7, 11) is 0. The Labute approximate surface area is 204 Å². The average molecular weight is 485 g/mol. The van der Waals surface area contributed by atoms with Gasteiger partial charge in [-0.3, -0.25) is 4.90 Å². The molecular formula is C26H26Cl2N2O3. The van der Waals surface area contributed by atoms with Gasteiger partial charge in [0.15, 0.2) is 11.5 Å². The molecule has 0 amide bonds. The first kappa shape index (κ1) is 22.2. The second kappa shape index (κ2) is 10.1. The molecule has 5 nitrogen and oxygen atoms in total. The summed E-state index contributed by atoms with van der Waals surface area (Å²) in [5, 5.41) is 1.26. The molecule has 33 heavy (non-hydrogen) atoms. The van der Waals surface area contributed by atoms with E-state index in [-0.39, 0.29) is 6.79 Å². The molecule has 0 radical (unpaired) electrons. The lowest BCUT2D eigenvalue weighted by molar-refractivity contribution is 0.173. The zero-order valence-electron chi connectivity index (χ0n) is 18.3. The number of hydrogen-bond acceptors (Lipinski definition) is 5. The average Bonchev–Trinajstić information content (AvgIpc) is 3.32. The molecule has 3 aromatic rings. The Morgan fingerprint density at radius 1 is 0.818 bits per heavy atom. The van der Waals surface area contributed by atoms with Crippen LogP contribution in [-0.4, -0.2) is 44.4 Å². The van der Waals surface area contributed by atoms with Crippen molar-refractivity contribution in [1.82, 2.24) is 4.90 Å². The van der Waals surface area contributed by atoms with Crippen LogP contribution in [0, 0.1) is 0 Å². The smallest absolute Gasteiger partial charge is 0.231 e. The number of anilines is 1. The summed E-state index contributed by atoms with van der Waals surface area (Å²) in [6, 6.07) is 20.2. The molecule has 0 aromatic heterocycles. The highest BCUT2D eigenvalue weighted by molar-refractivity contribution is 6.43. The fourth-order valence-corrected chi connectivity index (χ4v) is 4.59. The molecule has 1 saturated heterocycles. The largest absolute Gasteiger partial charge is 0.489 e. The van der Waals surface area contributed by atoms with E-state index in [1.165, 1.54) is 5.56 Å². The van der Waals surface area contributed by atoms with Crippen LogP contribution in [0.15, 0.2) is 60.7 Å². The zero-order valence-corrected chi connectivity index (χ0v) is 19.8. The molecule has 0 saturated carbocycles. The Hall–Kier alpha value is -2.60. The van der Waals surface area contributed by atoms with Gasteiger partial charge in [0, 0.05) is 38.8 Å². The van der Waals surface area contributed by atoms with Crippen LogP contribution in [-0.2, 0) is 13.0 Å².